The highest BCUT2D eigenvalue weighted by atomic mass is 16.2. The van der Waals surface area contributed by atoms with Crippen molar-refractivity contribution in [3.63, 3.8) is 0 Å². The van der Waals surface area contributed by atoms with Crippen LogP contribution in [0.25, 0.3) is 0 Å². The van der Waals surface area contributed by atoms with Crippen molar-refractivity contribution >= 4 is 11.7 Å². The van der Waals surface area contributed by atoms with E-state index in [2.05, 4.69) is 20.6 Å². The fourth-order valence-electron chi connectivity index (χ4n) is 2.31. The van der Waals surface area contributed by atoms with Crippen LogP contribution in [0.2, 0.25) is 0 Å². The quantitative estimate of drug-likeness (QED) is 0.833. The molecular weight excluding hydrogens is 228 g/mol. The predicted molar refractivity (Wildman–Crippen MR) is 68.3 cm³/mol. The lowest BCUT2D eigenvalue weighted by atomic mass is 10.2. The Balaban J connectivity index is 1.68. The number of rotatable bonds is 4. The summed E-state index contributed by atoms with van der Waals surface area (Å²) < 4.78 is 0. The Labute approximate surface area is 106 Å². The molecule has 1 amide bonds. The van der Waals surface area contributed by atoms with Gasteiger partial charge in [0.05, 0.1) is 0 Å². The second-order valence-corrected chi connectivity index (χ2v) is 5.15. The zero-order valence-corrected chi connectivity index (χ0v) is 10.6. The number of fused-ring (bicyclic) bond motifs is 1. The molecule has 1 heterocycles. The molecule has 0 saturated heterocycles. The van der Waals surface area contributed by atoms with Gasteiger partial charge in [0, 0.05) is 17.3 Å². The third-order valence-corrected chi connectivity index (χ3v) is 3.55. The summed E-state index contributed by atoms with van der Waals surface area (Å²) in [5.74, 6) is 0.888. The number of hydrogen-bond acceptors (Lipinski definition) is 4. The highest BCUT2D eigenvalue weighted by molar-refractivity contribution is 5.84. The summed E-state index contributed by atoms with van der Waals surface area (Å²) in [5, 5.41) is 6.21. The number of aromatic nitrogens is 2. The first-order valence-electron chi connectivity index (χ1n) is 6.63. The lowest BCUT2D eigenvalue weighted by Gasteiger charge is -2.16. The van der Waals surface area contributed by atoms with Crippen LogP contribution in [-0.4, -0.2) is 28.0 Å². The number of hydrogen-bond donors (Lipinski definition) is 2. The predicted octanol–water partition coefficient (Wildman–Crippen LogP) is 1.04. The Bertz CT molecular complexity index is 470. The summed E-state index contributed by atoms with van der Waals surface area (Å²) in [6.07, 6.45) is 6.97. The minimum Gasteiger partial charge on any atom is -0.358 e. The van der Waals surface area contributed by atoms with Gasteiger partial charge in [0.2, 0.25) is 5.91 Å². The molecule has 96 valence electrons. The summed E-state index contributed by atoms with van der Waals surface area (Å²) in [4.78, 5) is 20.4. The fourth-order valence-corrected chi connectivity index (χ4v) is 2.31. The third kappa shape index (κ3) is 2.30. The van der Waals surface area contributed by atoms with Crippen molar-refractivity contribution in [1.29, 1.82) is 0 Å². The molecule has 0 bridgehead atoms. The average Bonchev–Trinajstić information content (AvgIpc) is 3.04. The van der Waals surface area contributed by atoms with E-state index in [0.717, 1.165) is 43.6 Å². The molecule has 0 radical (unpaired) electrons. The minimum atomic E-state index is -0.245. The van der Waals surface area contributed by atoms with Gasteiger partial charge >= 0.3 is 0 Å². The molecule has 1 aromatic rings. The molecule has 1 unspecified atom stereocenters. The van der Waals surface area contributed by atoms with Crippen LogP contribution in [0.3, 0.4) is 0 Å². The lowest BCUT2D eigenvalue weighted by Crippen LogP contribution is -2.39. The van der Waals surface area contributed by atoms with Crippen molar-refractivity contribution in [1.82, 2.24) is 15.3 Å². The number of amides is 1. The van der Waals surface area contributed by atoms with Crippen molar-refractivity contribution in [2.24, 2.45) is 0 Å². The Morgan fingerprint density at radius 3 is 3.00 bits per heavy atom. The molecule has 0 spiro atoms. The van der Waals surface area contributed by atoms with E-state index in [-0.39, 0.29) is 11.9 Å². The molecule has 2 aliphatic rings. The smallest absolute Gasteiger partial charge is 0.242 e. The maximum absolute atomic E-state index is 11.9. The minimum absolute atomic E-state index is 0.0582. The van der Waals surface area contributed by atoms with Crippen LogP contribution in [-0.2, 0) is 17.6 Å². The molecule has 3 rings (SSSR count). The molecule has 18 heavy (non-hydrogen) atoms. The third-order valence-electron chi connectivity index (χ3n) is 3.55. The van der Waals surface area contributed by atoms with Gasteiger partial charge in [-0.25, -0.2) is 9.97 Å². The first-order valence-corrected chi connectivity index (χ1v) is 6.63. The van der Waals surface area contributed by atoms with Gasteiger partial charge in [-0.3, -0.25) is 4.79 Å². The maximum atomic E-state index is 11.9. The molecule has 1 fully saturated rings. The molecule has 0 aromatic carbocycles. The van der Waals surface area contributed by atoms with Crippen LogP contribution in [0.1, 0.15) is 37.4 Å². The Morgan fingerprint density at radius 1 is 1.39 bits per heavy atom. The highest BCUT2D eigenvalue weighted by Crippen LogP contribution is 2.25. The van der Waals surface area contributed by atoms with Crippen LogP contribution >= 0.6 is 0 Å². The van der Waals surface area contributed by atoms with Crippen LogP contribution in [0.5, 0.6) is 0 Å². The standard InChI is InChI=1S/C13H18N4O/c1-8(13(18)17-9-5-6-9)16-12-10-3-2-4-11(10)14-7-15-12/h7-9H,2-6H2,1H3,(H,17,18)(H,14,15,16). The molecule has 5 nitrogen and oxygen atoms in total. The van der Waals surface area contributed by atoms with Gasteiger partial charge in [-0.05, 0) is 39.0 Å². The van der Waals surface area contributed by atoms with Gasteiger partial charge in [0.15, 0.2) is 0 Å². The number of nitrogens with zero attached hydrogens (tertiary/aromatic N) is 2. The summed E-state index contributed by atoms with van der Waals surface area (Å²) >= 11 is 0. The van der Waals surface area contributed by atoms with E-state index in [1.165, 1.54) is 5.56 Å². The van der Waals surface area contributed by atoms with Crippen molar-refractivity contribution in [2.45, 2.75) is 51.1 Å². The largest absolute Gasteiger partial charge is 0.358 e. The van der Waals surface area contributed by atoms with Gasteiger partial charge in [0.25, 0.3) is 0 Å². The van der Waals surface area contributed by atoms with Crippen molar-refractivity contribution < 1.29 is 4.79 Å². The lowest BCUT2D eigenvalue weighted by molar-refractivity contribution is -0.121. The summed E-state index contributed by atoms with van der Waals surface area (Å²) in [6.45, 7) is 1.88. The van der Waals surface area contributed by atoms with Crippen molar-refractivity contribution in [2.75, 3.05) is 5.32 Å². The normalized spacial score (nSPS) is 19.2. The fraction of sp³-hybridized carbons (Fsp3) is 0.615. The first-order chi connectivity index (χ1) is 8.74. The van der Waals surface area contributed by atoms with Crippen LogP contribution in [0.4, 0.5) is 5.82 Å². The Hall–Kier alpha value is -1.65. The number of nitrogens with one attached hydrogen (secondary N) is 2. The first kappa shape index (κ1) is 11.4. The summed E-state index contributed by atoms with van der Waals surface area (Å²) in [7, 11) is 0. The van der Waals surface area contributed by atoms with Gasteiger partial charge in [-0.1, -0.05) is 0 Å². The molecule has 2 N–H and O–H groups in total. The van der Waals surface area contributed by atoms with Crippen molar-refractivity contribution in [3.05, 3.63) is 17.6 Å². The molecular formula is C13H18N4O. The topological polar surface area (TPSA) is 66.9 Å². The van der Waals surface area contributed by atoms with E-state index < -0.39 is 0 Å². The average molecular weight is 246 g/mol. The number of carbonyl (C=O) groups excluding carboxylic acids is 1. The van der Waals surface area contributed by atoms with E-state index in [1.54, 1.807) is 6.33 Å². The molecule has 1 atom stereocenters. The van der Waals surface area contributed by atoms with Gasteiger partial charge in [0.1, 0.15) is 18.2 Å². The van der Waals surface area contributed by atoms with E-state index in [1.807, 2.05) is 6.92 Å². The van der Waals surface area contributed by atoms with Gasteiger partial charge in [-0.2, -0.15) is 0 Å². The monoisotopic (exact) mass is 246 g/mol. The number of aryl methyl sites for hydroxylation is 1. The van der Waals surface area contributed by atoms with E-state index in [9.17, 15) is 4.79 Å². The van der Waals surface area contributed by atoms with E-state index in [4.69, 9.17) is 0 Å². The van der Waals surface area contributed by atoms with Crippen LogP contribution in [0, 0.1) is 0 Å². The van der Waals surface area contributed by atoms with Gasteiger partial charge < -0.3 is 10.6 Å². The SMILES string of the molecule is CC(Nc1ncnc2c1CCC2)C(=O)NC1CC1. The van der Waals surface area contributed by atoms with E-state index in [0.29, 0.717) is 6.04 Å². The Morgan fingerprint density at radius 2 is 2.22 bits per heavy atom. The molecule has 1 aromatic heterocycles. The Kier molecular flexibility index (Phi) is 2.89. The van der Waals surface area contributed by atoms with E-state index >= 15 is 0 Å². The molecule has 5 heteroatoms. The van der Waals surface area contributed by atoms with Crippen LogP contribution in [0.15, 0.2) is 6.33 Å². The number of carbonyl (C=O) groups is 1. The second kappa shape index (κ2) is 4.55. The summed E-state index contributed by atoms with van der Waals surface area (Å²) in [5.41, 5.74) is 2.31. The zero-order chi connectivity index (χ0) is 12.5. The van der Waals surface area contributed by atoms with Crippen molar-refractivity contribution in [3.8, 4) is 0 Å². The zero-order valence-electron chi connectivity index (χ0n) is 10.6. The summed E-state index contributed by atoms with van der Waals surface area (Å²) in [6, 6.07) is 0.156. The maximum Gasteiger partial charge on any atom is 0.242 e. The van der Waals surface area contributed by atoms with Gasteiger partial charge in [-0.15, -0.1) is 0 Å². The second-order valence-electron chi connectivity index (χ2n) is 5.15. The molecule has 0 aliphatic heterocycles. The number of anilines is 1. The molecule has 1 saturated carbocycles. The van der Waals surface area contributed by atoms with Crippen LogP contribution < -0.4 is 10.6 Å². The molecule has 2 aliphatic carbocycles. The highest BCUT2D eigenvalue weighted by Gasteiger charge is 2.26.